The third-order valence-electron chi connectivity index (χ3n) is 1.75. The Kier molecular flexibility index (Phi) is 2.91. The van der Waals surface area contributed by atoms with Crippen LogP contribution in [0, 0.1) is 0 Å². The lowest BCUT2D eigenvalue weighted by molar-refractivity contribution is 0.0828. The minimum Gasteiger partial charge on any atom is -0.506 e. The van der Waals surface area contributed by atoms with Gasteiger partial charge in [0.2, 0.25) is 0 Å². The van der Waals surface area contributed by atoms with Crippen LogP contribution < -0.4 is 5.32 Å². The molecule has 1 rings (SSSR count). The normalized spacial score (nSPS) is 9.64. The molecule has 0 bridgehead atoms. The van der Waals surface area contributed by atoms with Crippen LogP contribution in [0.5, 0.6) is 5.75 Å². The lowest BCUT2D eigenvalue weighted by Crippen LogP contribution is -2.23. The summed E-state index contributed by atoms with van der Waals surface area (Å²) in [4.78, 5) is 16.9. The van der Waals surface area contributed by atoms with Crippen molar-refractivity contribution in [3.05, 3.63) is 17.8 Å². The van der Waals surface area contributed by atoms with Gasteiger partial charge in [0.1, 0.15) is 11.6 Å². The number of nitrogens with zero attached hydrogens (tertiary/aromatic N) is 2. The van der Waals surface area contributed by atoms with E-state index in [9.17, 15) is 9.90 Å². The largest absolute Gasteiger partial charge is 0.506 e. The average Bonchev–Trinajstić information content (AvgIpc) is 2.16. The molecule has 76 valence electrons. The SMILES string of the molecule is CNc1ncc(O)cc1C(=O)N(C)C. The highest BCUT2D eigenvalue weighted by molar-refractivity contribution is 5.98. The topological polar surface area (TPSA) is 65.5 Å². The van der Waals surface area contributed by atoms with Crippen molar-refractivity contribution in [3.8, 4) is 5.75 Å². The Morgan fingerprint density at radius 3 is 2.71 bits per heavy atom. The molecule has 0 radical (unpaired) electrons. The minimum absolute atomic E-state index is 0.0193. The van der Waals surface area contributed by atoms with E-state index in [2.05, 4.69) is 10.3 Å². The minimum atomic E-state index is -0.197. The third kappa shape index (κ3) is 1.93. The molecule has 0 fully saturated rings. The van der Waals surface area contributed by atoms with E-state index in [0.29, 0.717) is 11.4 Å². The fraction of sp³-hybridized carbons (Fsp3) is 0.333. The smallest absolute Gasteiger partial charge is 0.257 e. The van der Waals surface area contributed by atoms with Crippen molar-refractivity contribution in [3.63, 3.8) is 0 Å². The molecule has 0 atom stereocenters. The molecule has 2 N–H and O–H groups in total. The van der Waals surface area contributed by atoms with Crippen molar-refractivity contribution in [2.24, 2.45) is 0 Å². The van der Waals surface area contributed by atoms with Crippen molar-refractivity contribution in [2.45, 2.75) is 0 Å². The van der Waals surface area contributed by atoms with Crippen LogP contribution >= 0.6 is 0 Å². The molecule has 1 aromatic heterocycles. The number of pyridine rings is 1. The summed E-state index contributed by atoms with van der Waals surface area (Å²) in [7, 11) is 4.96. The molecular formula is C9H13N3O2. The van der Waals surface area contributed by atoms with E-state index in [1.165, 1.54) is 17.2 Å². The van der Waals surface area contributed by atoms with Gasteiger partial charge >= 0.3 is 0 Å². The number of nitrogens with one attached hydrogen (secondary N) is 1. The van der Waals surface area contributed by atoms with Gasteiger partial charge in [-0.1, -0.05) is 0 Å². The van der Waals surface area contributed by atoms with Crippen LogP contribution in [0.3, 0.4) is 0 Å². The van der Waals surface area contributed by atoms with Gasteiger partial charge in [0.25, 0.3) is 5.91 Å². The lowest BCUT2D eigenvalue weighted by Gasteiger charge is -2.13. The van der Waals surface area contributed by atoms with Crippen LogP contribution in [-0.4, -0.2) is 42.0 Å². The molecule has 1 heterocycles. The molecule has 5 heteroatoms. The van der Waals surface area contributed by atoms with Crippen LogP contribution in [0.1, 0.15) is 10.4 Å². The summed E-state index contributed by atoms with van der Waals surface area (Å²) in [6, 6.07) is 1.39. The molecule has 1 aromatic rings. The van der Waals surface area contributed by atoms with Gasteiger partial charge in [0.15, 0.2) is 0 Å². The third-order valence-corrected chi connectivity index (χ3v) is 1.75. The predicted molar refractivity (Wildman–Crippen MR) is 53.5 cm³/mol. The maximum atomic E-state index is 11.6. The molecule has 14 heavy (non-hydrogen) atoms. The standard InChI is InChI=1S/C9H13N3O2/c1-10-8-7(9(14)12(2)3)4-6(13)5-11-8/h4-5,13H,1-3H3,(H,10,11). The molecule has 0 spiro atoms. The van der Waals surface area contributed by atoms with Crippen LogP contribution in [0.25, 0.3) is 0 Å². The van der Waals surface area contributed by atoms with E-state index >= 15 is 0 Å². The fourth-order valence-corrected chi connectivity index (χ4v) is 1.06. The highest BCUT2D eigenvalue weighted by atomic mass is 16.3. The van der Waals surface area contributed by atoms with Crippen molar-refractivity contribution >= 4 is 11.7 Å². The monoisotopic (exact) mass is 195 g/mol. The molecule has 5 nitrogen and oxygen atoms in total. The Morgan fingerprint density at radius 2 is 2.21 bits per heavy atom. The van der Waals surface area contributed by atoms with E-state index in [4.69, 9.17) is 0 Å². The maximum absolute atomic E-state index is 11.6. The van der Waals surface area contributed by atoms with Gasteiger partial charge in [0, 0.05) is 21.1 Å². The molecule has 0 aliphatic carbocycles. The number of hydrogen-bond donors (Lipinski definition) is 2. The zero-order valence-electron chi connectivity index (χ0n) is 8.40. The Labute approximate surface area is 82.4 Å². The first-order valence-electron chi connectivity index (χ1n) is 4.14. The number of carbonyl (C=O) groups is 1. The fourth-order valence-electron chi connectivity index (χ4n) is 1.06. The van der Waals surface area contributed by atoms with Gasteiger partial charge < -0.3 is 15.3 Å². The molecule has 0 aromatic carbocycles. The van der Waals surface area contributed by atoms with E-state index in [1.54, 1.807) is 21.1 Å². The summed E-state index contributed by atoms with van der Waals surface area (Å²) in [6.07, 6.45) is 1.29. The van der Waals surface area contributed by atoms with E-state index in [0.717, 1.165) is 0 Å². The van der Waals surface area contributed by atoms with Crippen LogP contribution in [0.2, 0.25) is 0 Å². The first-order chi connectivity index (χ1) is 6.56. The Balaban J connectivity index is 3.17. The van der Waals surface area contributed by atoms with Gasteiger partial charge in [-0.2, -0.15) is 0 Å². The lowest BCUT2D eigenvalue weighted by atomic mass is 10.2. The second-order valence-electron chi connectivity index (χ2n) is 3.04. The molecule has 0 unspecified atom stereocenters. The predicted octanol–water partition coefficient (Wildman–Crippen LogP) is 0.531. The molecule has 1 amide bonds. The van der Waals surface area contributed by atoms with Crippen molar-refractivity contribution in [2.75, 3.05) is 26.5 Å². The first-order valence-corrected chi connectivity index (χ1v) is 4.14. The van der Waals surface area contributed by atoms with Gasteiger partial charge in [-0.05, 0) is 6.07 Å². The Hall–Kier alpha value is -1.78. The summed E-state index contributed by atoms with van der Waals surface area (Å²) in [6.45, 7) is 0. The number of aromatic nitrogens is 1. The zero-order valence-corrected chi connectivity index (χ0v) is 8.40. The van der Waals surface area contributed by atoms with Crippen molar-refractivity contribution in [1.82, 2.24) is 9.88 Å². The highest BCUT2D eigenvalue weighted by Crippen LogP contribution is 2.18. The number of rotatable bonds is 2. The van der Waals surface area contributed by atoms with Crippen LogP contribution in [-0.2, 0) is 0 Å². The van der Waals surface area contributed by atoms with Crippen LogP contribution in [0.4, 0.5) is 5.82 Å². The number of anilines is 1. The second kappa shape index (κ2) is 3.95. The van der Waals surface area contributed by atoms with Crippen LogP contribution in [0.15, 0.2) is 12.3 Å². The molecule has 0 saturated heterocycles. The highest BCUT2D eigenvalue weighted by Gasteiger charge is 2.14. The van der Waals surface area contributed by atoms with Crippen molar-refractivity contribution < 1.29 is 9.90 Å². The number of hydrogen-bond acceptors (Lipinski definition) is 4. The first kappa shape index (κ1) is 10.3. The summed E-state index contributed by atoms with van der Waals surface area (Å²) < 4.78 is 0. The summed E-state index contributed by atoms with van der Waals surface area (Å²) in [5.41, 5.74) is 0.359. The quantitative estimate of drug-likeness (QED) is 0.722. The molecule has 0 saturated carbocycles. The Bertz CT molecular complexity index is 350. The summed E-state index contributed by atoms with van der Waals surface area (Å²) in [5, 5.41) is 12.0. The molecule has 0 aliphatic rings. The summed E-state index contributed by atoms with van der Waals surface area (Å²) >= 11 is 0. The van der Waals surface area contributed by atoms with Gasteiger partial charge in [-0.3, -0.25) is 4.79 Å². The van der Waals surface area contributed by atoms with Gasteiger partial charge in [0.05, 0.1) is 11.8 Å². The number of carbonyl (C=O) groups excluding carboxylic acids is 1. The molecular weight excluding hydrogens is 182 g/mol. The van der Waals surface area contributed by atoms with E-state index in [-0.39, 0.29) is 11.7 Å². The average molecular weight is 195 g/mol. The number of aromatic hydroxyl groups is 1. The second-order valence-corrected chi connectivity index (χ2v) is 3.04. The van der Waals surface area contributed by atoms with Gasteiger partial charge in [-0.15, -0.1) is 0 Å². The maximum Gasteiger partial charge on any atom is 0.257 e. The zero-order chi connectivity index (χ0) is 10.7. The van der Waals surface area contributed by atoms with Gasteiger partial charge in [-0.25, -0.2) is 4.98 Å². The molecule has 0 aliphatic heterocycles. The van der Waals surface area contributed by atoms with E-state index < -0.39 is 0 Å². The summed E-state index contributed by atoms with van der Waals surface area (Å²) in [5.74, 6) is 0.244. The van der Waals surface area contributed by atoms with E-state index in [1.807, 2.05) is 0 Å². The van der Waals surface area contributed by atoms with Crippen molar-refractivity contribution in [1.29, 1.82) is 0 Å². The Morgan fingerprint density at radius 1 is 1.57 bits per heavy atom. The number of amides is 1.